The van der Waals surface area contributed by atoms with Crippen molar-refractivity contribution >= 4 is 194 Å². The van der Waals surface area contributed by atoms with Crippen molar-refractivity contribution in [2.45, 2.75) is 71.6 Å². The number of benzene rings is 15. The molecule has 15 rings (SSSR count). The fourth-order valence-corrected chi connectivity index (χ4v) is 19.9. The van der Waals surface area contributed by atoms with Crippen molar-refractivity contribution in [3.05, 3.63) is 453 Å². The fourth-order valence-electron chi connectivity index (χ4n) is 13.1. The lowest BCUT2D eigenvalue weighted by molar-refractivity contribution is 0.103. The van der Waals surface area contributed by atoms with Gasteiger partial charge in [0.1, 0.15) is 17.3 Å². The molecule has 0 aliphatic carbocycles. The zero-order chi connectivity index (χ0) is 101. The highest BCUT2D eigenvalue weighted by molar-refractivity contribution is 14.1. The number of carbonyl (C=O) groups excluding carboxylic acids is 5. The first-order chi connectivity index (χ1) is 66.1. The number of aryl methyl sites for hydroxylation is 2. The molecule has 0 radical (unpaired) electrons. The van der Waals surface area contributed by atoms with Crippen molar-refractivity contribution in [1.82, 2.24) is 0 Å². The van der Waals surface area contributed by atoms with Gasteiger partial charge in [-0.1, -0.05) is 210 Å². The van der Waals surface area contributed by atoms with Crippen molar-refractivity contribution in [1.29, 1.82) is 0 Å². The lowest BCUT2D eigenvalue weighted by Crippen LogP contribution is -2.16. The first kappa shape index (κ1) is 106. The van der Waals surface area contributed by atoms with Crippen LogP contribution < -0.4 is 38.4 Å². The Morgan fingerprint density at radius 3 is 0.935 bits per heavy atom. The number of hydrogen-bond donors (Lipinski definition) is 6. The Morgan fingerprint density at radius 2 is 0.612 bits per heavy atom. The van der Waals surface area contributed by atoms with E-state index in [1.807, 2.05) is 40.7 Å². The highest BCUT2D eigenvalue weighted by Crippen LogP contribution is 2.35. The summed E-state index contributed by atoms with van der Waals surface area (Å²) in [7, 11) is -17.9. The summed E-state index contributed by atoms with van der Waals surface area (Å²) in [6.07, 6.45) is 0.803. The monoisotopic (exact) mass is 2170 g/mol. The molecule has 0 aliphatic rings. The molecule has 0 heterocycles. The van der Waals surface area contributed by atoms with Crippen molar-refractivity contribution in [3.63, 3.8) is 0 Å². The molecule has 0 amide bonds. The van der Waals surface area contributed by atoms with Crippen LogP contribution in [-0.4, -0.2) is 90.8 Å². The second kappa shape index (κ2) is 48.5. The zero-order valence-corrected chi connectivity index (χ0v) is 84.6. The van der Waals surface area contributed by atoms with Gasteiger partial charge in [-0.3, -0.25) is 47.6 Å². The Morgan fingerprint density at radius 1 is 0.324 bits per heavy atom. The van der Waals surface area contributed by atoms with Gasteiger partial charge < -0.3 is 14.8 Å². The summed E-state index contributed by atoms with van der Waals surface area (Å²) < 4.78 is 165. The van der Waals surface area contributed by atoms with Crippen LogP contribution in [0.1, 0.15) is 118 Å². The Balaban J connectivity index is 0.000000166. The van der Waals surface area contributed by atoms with Gasteiger partial charge >= 0.3 is 0 Å². The van der Waals surface area contributed by atoms with Crippen LogP contribution in [0.4, 0.5) is 38.5 Å². The average Bonchev–Trinajstić information content (AvgIpc) is 0.811. The van der Waals surface area contributed by atoms with Crippen LogP contribution in [-0.2, 0) is 56.5 Å². The molecule has 15 aromatic rings. The molecule has 15 aromatic carbocycles. The molecule has 0 saturated heterocycles. The quantitative estimate of drug-likeness (QED) is 0.0174. The third-order valence-corrected chi connectivity index (χ3v) is 28.8. The number of nitrogens with one attached hydrogen (secondary N) is 6. The van der Waals surface area contributed by atoms with Crippen LogP contribution in [0.2, 0.25) is 25.1 Å². The molecule has 139 heavy (non-hydrogen) atoms. The maximum absolute atomic E-state index is 13.5. The Kier molecular flexibility index (Phi) is 37.1. The van der Waals surface area contributed by atoms with Gasteiger partial charge in [-0.2, -0.15) is 0 Å². The van der Waals surface area contributed by atoms with Crippen LogP contribution >= 0.6 is 80.6 Å². The lowest BCUT2D eigenvalue weighted by Gasteiger charge is -2.14. The highest BCUT2D eigenvalue weighted by Gasteiger charge is 2.28. The number of sulfonamides is 5. The molecule has 6 N–H and O–H groups in total. The van der Waals surface area contributed by atoms with Crippen molar-refractivity contribution < 1.29 is 79.9 Å². The zero-order valence-electron chi connectivity index (χ0n) is 74.6. The average molecular weight is 2180 g/mol. The minimum Gasteiger partial charge on any atom is -0.497 e. The predicted molar refractivity (Wildman–Crippen MR) is 556 cm³/mol. The van der Waals surface area contributed by atoms with E-state index in [0.717, 1.165) is 39.4 Å². The Hall–Kier alpha value is -13.1. The number of methoxy groups -OCH3 is 1. The maximum Gasteiger partial charge on any atom is 0.261 e. The van der Waals surface area contributed by atoms with Gasteiger partial charge in [0, 0.05) is 96.6 Å². The van der Waals surface area contributed by atoms with Crippen molar-refractivity contribution in [3.8, 4) is 11.5 Å². The van der Waals surface area contributed by atoms with Crippen LogP contribution in [0.3, 0.4) is 0 Å². The third kappa shape index (κ3) is 29.7. The summed E-state index contributed by atoms with van der Waals surface area (Å²) in [6.45, 7) is 10.3. The molecular weight excluding hydrogens is 2090 g/mol. The summed E-state index contributed by atoms with van der Waals surface area (Å²) in [6, 6.07) is 91.6. The lowest BCUT2D eigenvalue weighted by atomic mass is 10.0. The second-order valence-corrected chi connectivity index (χ2v) is 42.3. The summed E-state index contributed by atoms with van der Waals surface area (Å²) in [5.74, 6) is -1.25. The number of anilines is 6. The van der Waals surface area contributed by atoms with Crippen molar-refractivity contribution in [2.24, 2.45) is 0 Å². The minimum absolute atomic E-state index is 0.00562. The van der Waals surface area contributed by atoms with E-state index >= 15 is 0 Å². The van der Waals surface area contributed by atoms with Crippen LogP contribution in [0.15, 0.2) is 376 Å². The Labute approximate surface area is 844 Å². The van der Waals surface area contributed by atoms with E-state index in [-0.39, 0.29) is 115 Å². The molecule has 0 fully saturated rings. The van der Waals surface area contributed by atoms with Gasteiger partial charge in [0.25, 0.3) is 50.1 Å². The summed E-state index contributed by atoms with van der Waals surface area (Å²) in [5, 5.41) is 4.78. The number of rotatable bonds is 31. The number of hydrogen-bond acceptors (Lipinski definition) is 18. The number of carbonyl (C=O) groups is 5. The minimum atomic E-state index is -3.91. The largest absolute Gasteiger partial charge is 0.497 e. The summed E-state index contributed by atoms with van der Waals surface area (Å²) in [5.41, 5.74) is 6.18. The van der Waals surface area contributed by atoms with E-state index < -0.39 is 61.7 Å². The summed E-state index contributed by atoms with van der Waals surface area (Å²) >= 11 is 32.2. The molecule has 0 aliphatic heterocycles. The molecule has 0 atom stereocenters. The molecule has 0 saturated carbocycles. The highest BCUT2D eigenvalue weighted by atomic mass is 127. The van der Waals surface area contributed by atoms with E-state index in [2.05, 4.69) is 51.5 Å². The van der Waals surface area contributed by atoms with Gasteiger partial charge in [0.15, 0.2) is 28.9 Å². The van der Waals surface area contributed by atoms with Crippen LogP contribution in [0, 0.1) is 16.3 Å². The van der Waals surface area contributed by atoms with Gasteiger partial charge in [0.2, 0.25) is 0 Å². The first-order valence-electron chi connectivity index (χ1n) is 42.1. The fraction of sp³-hybridized carbons (Fsp3) is 0.0865. The van der Waals surface area contributed by atoms with Gasteiger partial charge in [0.05, 0.1) is 66.1 Å². The van der Waals surface area contributed by atoms with Gasteiger partial charge in [-0.25, -0.2) is 46.5 Å². The number of halogens is 7. The molecule has 0 aromatic heterocycles. The summed E-state index contributed by atoms with van der Waals surface area (Å²) in [4.78, 5) is 64.7. The van der Waals surface area contributed by atoms with E-state index in [1.54, 1.807) is 182 Å². The number of ether oxygens (including phenoxy) is 2. The molecular formula is C104H87Cl5FIN6O17S5. The second-order valence-electron chi connectivity index (χ2n) is 30.4. The van der Waals surface area contributed by atoms with Crippen LogP contribution in [0.5, 0.6) is 11.5 Å². The number of ketones is 5. The van der Waals surface area contributed by atoms with E-state index in [0.29, 0.717) is 59.4 Å². The standard InChI is InChI=1S/C22H20INO4S.C21H17Cl2NO3S.C21H19ClN2O3S.C20H15ClFNO3S.C20H16ClNO4S/c1-15(2)28-18-9-11-19(12-10-18)29(26,27)24-21-13-8-17(23)14-20(21)22(25)16-6-4-3-5-7-16;1-2-14-6-9-18(10-7-14)28(26,27)24-20-11-8-17(23)13-19(20)21(25)15-4-3-5-16(22)12-15;1-2-23-17-9-11-18(12-10-17)28(26,27)24-20-13-8-16(22)14-19(20)21(25)15-6-4-3-5-7-15;1-13-5-8-17(9-6-13)27(25,26)23-19-10-7-15(21)12-18(19)20(24)14-3-2-4-16(22)11-14;1-26-16-8-10-17(11-9-16)27(24,25)22-19-12-7-15(21)13-18(19)20(23)14-5-3-2-4-6-14/h3-15,24H,1-2H3;3-13,24H,2H2,1H3;3-14,23-24H,2H2,1H3;2-12,23H,1H3;2-13,22H,1H3. The molecule has 0 bridgehead atoms. The van der Waals surface area contributed by atoms with E-state index in [4.69, 9.17) is 67.5 Å². The van der Waals surface area contributed by atoms with E-state index in [1.165, 1.54) is 165 Å². The maximum atomic E-state index is 13.5. The van der Waals surface area contributed by atoms with Crippen molar-refractivity contribution in [2.75, 3.05) is 42.6 Å². The van der Waals surface area contributed by atoms with Crippen LogP contribution in [0.25, 0.3) is 0 Å². The predicted octanol–water partition coefficient (Wildman–Crippen LogP) is 24.7. The normalized spacial score (nSPS) is 11.2. The topological polar surface area (TPSA) is 347 Å². The molecule has 714 valence electrons. The Bertz CT molecular complexity index is 7600. The molecule has 35 heteroatoms. The molecule has 0 spiro atoms. The molecule has 0 unspecified atom stereocenters. The first-order valence-corrected chi connectivity index (χ1v) is 52.4. The third-order valence-electron chi connectivity index (χ3n) is 20.0. The van der Waals surface area contributed by atoms with Gasteiger partial charge in [-0.05, 0) is 275 Å². The SMILES string of the molecule is CC(C)Oc1ccc(S(=O)(=O)Nc2ccc(I)cc2C(=O)c2ccccc2)cc1.CCNc1ccc(S(=O)(=O)Nc2ccc(Cl)cc2C(=O)c2ccccc2)cc1.CCc1ccc(S(=O)(=O)Nc2ccc(Cl)cc2C(=O)c2cccc(Cl)c2)cc1.COc1ccc(S(=O)(=O)Nc2ccc(Cl)cc2C(=O)c2ccccc2)cc1.Cc1ccc(S(=O)(=O)Nc2ccc(Cl)cc2C(=O)c2cccc(F)c2)cc1. The molecule has 23 nitrogen and oxygen atoms in total. The van der Waals surface area contributed by atoms with Gasteiger partial charge in [-0.15, -0.1) is 0 Å². The van der Waals surface area contributed by atoms with E-state index in [9.17, 15) is 70.5 Å². The smallest absolute Gasteiger partial charge is 0.261 e.